The molecule has 0 saturated heterocycles. The van der Waals surface area contributed by atoms with Crippen molar-refractivity contribution in [1.82, 2.24) is 0 Å². The Hall–Kier alpha value is -2.82. The predicted molar refractivity (Wildman–Crippen MR) is 280 cm³/mol. The summed E-state index contributed by atoms with van der Waals surface area (Å²) in [6.07, 6.45) is 44.6. The lowest BCUT2D eigenvalue weighted by molar-refractivity contribution is 0.304. The van der Waals surface area contributed by atoms with Gasteiger partial charge in [-0.05, 0) is 70.8 Å². The van der Waals surface area contributed by atoms with Crippen LogP contribution in [0, 0.1) is 0 Å². The number of hydrogen-bond donors (Lipinski definition) is 0. The van der Waals surface area contributed by atoms with Gasteiger partial charge >= 0.3 is 0 Å². The molecule has 0 aliphatic rings. The molecule has 4 aromatic carbocycles. The van der Waals surface area contributed by atoms with Gasteiger partial charge < -0.3 is 9.47 Å². The predicted octanol–water partition coefficient (Wildman–Crippen LogP) is 20.9. The summed E-state index contributed by atoms with van der Waals surface area (Å²) >= 11 is 3.92. The van der Waals surface area contributed by atoms with Crippen molar-refractivity contribution in [3.63, 3.8) is 0 Å². The van der Waals surface area contributed by atoms with Gasteiger partial charge in [-0.15, -0.1) is 22.7 Å². The summed E-state index contributed by atoms with van der Waals surface area (Å²) in [5.41, 5.74) is 0. The van der Waals surface area contributed by atoms with Gasteiger partial charge in [0.25, 0.3) is 0 Å². The second kappa shape index (κ2) is 28.9. The van der Waals surface area contributed by atoms with Gasteiger partial charge in [0.15, 0.2) is 0 Å². The van der Waals surface area contributed by atoms with E-state index in [0.29, 0.717) is 0 Å². The van der Waals surface area contributed by atoms with Crippen LogP contribution in [0.15, 0.2) is 60.7 Å². The summed E-state index contributed by atoms with van der Waals surface area (Å²) in [6, 6.07) is 22.8. The van der Waals surface area contributed by atoms with Crippen molar-refractivity contribution in [1.29, 1.82) is 0 Å². The highest BCUT2D eigenvalue weighted by Crippen LogP contribution is 2.48. The van der Waals surface area contributed by atoms with Crippen LogP contribution in [0.2, 0.25) is 0 Å². The highest BCUT2D eigenvalue weighted by Gasteiger charge is 2.16. The molecule has 6 rings (SSSR count). The first-order valence-corrected chi connectivity index (χ1v) is 27.9. The van der Waals surface area contributed by atoms with Crippen molar-refractivity contribution < 1.29 is 9.47 Å². The van der Waals surface area contributed by atoms with Crippen LogP contribution in [-0.2, 0) is 0 Å². The molecular weight excluding hydrogens is 793 g/mol. The van der Waals surface area contributed by atoms with Gasteiger partial charge in [-0.2, -0.15) is 0 Å². The third kappa shape index (κ3) is 15.7. The molecule has 2 aromatic heterocycles. The lowest BCUT2D eigenvalue weighted by Gasteiger charge is -2.08. The zero-order valence-electron chi connectivity index (χ0n) is 39.4. The molecule has 0 fully saturated rings. The van der Waals surface area contributed by atoms with Crippen LogP contribution in [0.25, 0.3) is 51.1 Å². The van der Waals surface area contributed by atoms with Gasteiger partial charge in [-0.25, -0.2) is 0 Å². The van der Waals surface area contributed by atoms with Gasteiger partial charge in [-0.3, -0.25) is 0 Å². The van der Waals surface area contributed by atoms with E-state index in [1.54, 1.807) is 0 Å². The smallest absolute Gasteiger partial charge is 0.119 e. The summed E-state index contributed by atoms with van der Waals surface area (Å²) in [4.78, 5) is 0. The molecule has 0 aliphatic carbocycles. The topological polar surface area (TPSA) is 18.5 Å². The van der Waals surface area contributed by atoms with Gasteiger partial charge in [-0.1, -0.05) is 231 Å². The number of hydrogen-bond acceptors (Lipinski definition) is 4. The van der Waals surface area contributed by atoms with E-state index in [2.05, 4.69) is 74.5 Å². The molecule has 0 radical (unpaired) electrons. The van der Waals surface area contributed by atoms with Crippen molar-refractivity contribution in [3.8, 4) is 11.5 Å². The zero-order valence-corrected chi connectivity index (χ0v) is 41.1. The maximum absolute atomic E-state index is 6.26. The van der Waals surface area contributed by atoms with Crippen LogP contribution < -0.4 is 9.47 Å². The summed E-state index contributed by atoms with van der Waals surface area (Å²) in [5, 5.41) is 7.99. The molecule has 0 atom stereocenters. The van der Waals surface area contributed by atoms with Gasteiger partial charge in [0.05, 0.1) is 22.6 Å². The first-order valence-electron chi connectivity index (χ1n) is 26.3. The van der Waals surface area contributed by atoms with Crippen LogP contribution in [0.1, 0.15) is 219 Å². The first kappa shape index (κ1) is 48.6. The first-order chi connectivity index (χ1) is 30.8. The quantitative estimate of drug-likeness (QED) is 0.0366. The fraction of sp³-hybridized carbons (Fsp3) is 0.621. The van der Waals surface area contributed by atoms with Crippen molar-refractivity contribution in [2.24, 2.45) is 0 Å². The van der Waals surface area contributed by atoms with E-state index < -0.39 is 0 Å². The number of fused-ring (bicyclic) bond motifs is 9. The molecular formula is C58H84O2S2. The van der Waals surface area contributed by atoms with E-state index in [0.717, 1.165) is 37.6 Å². The number of ether oxygens (including phenoxy) is 2. The van der Waals surface area contributed by atoms with E-state index in [1.165, 1.54) is 244 Å². The normalized spacial score (nSPS) is 12.0. The third-order valence-electron chi connectivity index (χ3n) is 13.5. The molecule has 0 amide bonds. The van der Waals surface area contributed by atoms with E-state index in [1.807, 2.05) is 22.7 Å². The summed E-state index contributed by atoms with van der Waals surface area (Å²) < 4.78 is 18.2. The molecule has 4 heteroatoms. The third-order valence-corrected chi connectivity index (χ3v) is 16.2. The molecule has 0 bridgehead atoms. The van der Waals surface area contributed by atoms with Crippen LogP contribution >= 0.6 is 22.7 Å². The Bertz CT molecular complexity index is 1970. The van der Waals surface area contributed by atoms with Gasteiger partial charge in [0, 0.05) is 20.2 Å². The minimum atomic E-state index is 0.814. The number of benzene rings is 4. The average molecular weight is 877 g/mol. The van der Waals surface area contributed by atoms with Gasteiger partial charge in [0.2, 0.25) is 0 Å². The van der Waals surface area contributed by atoms with Crippen LogP contribution in [-0.4, -0.2) is 13.2 Å². The maximum Gasteiger partial charge on any atom is 0.119 e. The van der Waals surface area contributed by atoms with E-state index in [9.17, 15) is 0 Å². The minimum absolute atomic E-state index is 0.814. The number of unbranched alkanes of at least 4 members (excludes halogenated alkanes) is 30. The fourth-order valence-electron chi connectivity index (χ4n) is 9.65. The molecule has 2 nitrogen and oxygen atoms in total. The Morgan fingerprint density at radius 1 is 0.290 bits per heavy atom. The number of rotatable bonds is 36. The molecule has 0 saturated carbocycles. The molecule has 0 unspecified atom stereocenters. The Balaban J connectivity index is 0.862. The fourth-order valence-corrected chi connectivity index (χ4v) is 12.6. The molecule has 0 N–H and O–H groups in total. The lowest BCUT2D eigenvalue weighted by Crippen LogP contribution is -1.97. The van der Waals surface area contributed by atoms with Gasteiger partial charge in [0.1, 0.15) is 11.5 Å². The molecule has 2 heterocycles. The second-order valence-corrected chi connectivity index (χ2v) is 20.9. The molecule has 0 spiro atoms. The zero-order chi connectivity index (χ0) is 42.9. The average Bonchev–Trinajstić information content (AvgIpc) is 3.85. The molecule has 62 heavy (non-hydrogen) atoms. The highest BCUT2D eigenvalue weighted by atomic mass is 32.1. The molecule has 6 aromatic rings. The van der Waals surface area contributed by atoms with E-state index >= 15 is 0 Å². The van der Waals surface area contributed by atoms with Crippen LogP contribution in [0.4, 0.5) is 0 Å². The monoisotopic (exact) mass is 877 g/mol. The number of thiophene rings is 2. The van der Waals surface area contributed by atoms with Crippen molar-refractivity contribution in [2.45, 2.75) is 219 Å². The van der Waals surface area contributed by atoms with Crippen molar-refractivity contribution in [2.75, 3.05) is 13.2 Å². The Morgan fingerprint density at radius 3 is 0.871 bits per heavy atom. The second-order valence-electron chi connectivity index (χ2n) is 18.8. The molecule has 340 valence electrons. The SMILES string of the molecule is CCCCCCCCCCCCCCCCCCOc1ccc2c(ccc3c2sc2c4ccc5cc(OCCCCCCCCCCCCCCCCCC)ccc5c4sc32)c1. The summed E-state index contributed by atoms with van der Waals surface area (Å²) in [5.74, 6) is 2.00. The van der Waals surface area contributed by atoms with Crippen molar-refractivity contribution >= 4 is 73.8 Å². The largest absolute Gasteiger partial charge is 0.494 e. The minimum Gasteiger partial charge on any atom is -0.494 e. The Labute approximate surface area is 385 Å². The van der Waals surface area contributed by atoms with E-state index in [4.69, 9.17) is 9.47 Å². The van der Waals surface area contributed by atoms with Crippen LogP contribution in [0.5, 0.6) is 11.5 Å². The standard InChI is InChI=1S/C58H84O2S2/c1-3-5-7-9-11-13-15-17-19-21-23-25-27-29-31-33-43-59-49-37-41-51-47(45-49)35-39-53-55(51)61-58-54-40-36-48-46-50(38-42-52(48)56(54)62-57(53)58)60-44-34-32-30-28-26-24-22-20-18-16-14-12-10-8-6-4-2/h35-42,45-46H,3-34,43-44H2,1-2H3. The lowest BCUT2D eigenvalue weighted by atomic mass is 10.0. The molecule has 0 aliphatic heterocycles. The Morgan fingerprint density at radius 2 is 0.565 bits per heavy atom. The van der Waals surface area contributed by atoms with E-state index in [-0.39, 0.29) is 0 Å². The summed E-state index contributed by atoms with van der Waals surface area (Å²) in [6.45, 7) is 6.23. The van der Waals surface area contributed by atoms with Crippen molar-refractivity contribution in [3.05, 3.63) is 60.7 Å². The van der Waals surface area contributed by atoms with Crippen LogP contribution in [0.3, 0.4) is 0 Å². The Kier molecular flexibility index (Phi) is 22.6. The highest BCUT2D eigenvalue weighted by molar-refractivity contribution is 7.37. The summed E-state index contributed by atoms with van der Waals surface area (Å²) in [7, 11) is 0. The maximum atomic E-state index is 6.26.